The number of primary amides is 1. The SMILES string of the molecule is CC(O)C(N)C(=O)NC(C(=O)NC(CCCN=C(N)N)C(=O)NC(CC(N)=O)C(=O)O)C(C)O. The summed E-state index contributed by atoms with van der Waals surface area (Å²) in [5, 5.41) is 35.2. The van der Waals surface area contributed by atoms with Crippen LogP contribution in [0.25, 0.3) is 0 Å². The first-order valence-electron chi connectivity index (χ1n) is 10.3. The van der Waals surface area contributed by atoms with Crippen LogP contribution in [0.4, 0.5) is 0 Å². The highest BCUT2D eigenvalue weighted by atomic mass is 16.4. The van der Waals surface area contributed by atoms with Crippen LogP contribution in [0.3, 0.4) is 0 Å². The molecule has 0 aliphatic carbocycles. The van der Waals surface area contributed by atoms with E-state index in [1.54, 1.807) is 0 Å². The first-order chi connectivity index (χ1) is 15.7. The van der Waals surface area contributed by atoms with Crippen molar-refractivity contribution in [2.75, 3.05) is 6.54 Å². The third-order valence-electron chi connectivity index (χ3n) is 4.48. The summed E-state index contributed by atoms with van der Waals surface area (Å²) in [5.41, 5.74) is 21.0. The predicted octanol–water partition coefficient (Wildman–Crippen LogP) is -5.46. The number of rotatable bonds is 15. The number of carboxylic acid groups (broad SMARTS) is 1. The summed E-state index contributed by atoms with van der Waals surface area (Å²) >= 11 is 0. The van der Waals surface area contributed by atoms with E-state index in [1.807, 2.05) is 0 Å². The zero-order valence-electron chi connectivity index (χ0n) is 18.9. The zero-order chi connectivity index (χ0) is 26.6. The number of aliphatic imine (C=N–C) groups is 1. The van der Waals surface area contributed by atoms with Gasteiger partial charge < -0.3 is 54.2 Å². The molecule has 0 radical (unpaired) electrons. The number of aliphatic hydroxyl groups is 2. The van der Waals surface area contributed by atoms with Crippen molar-refractivity contribution in [3.63, 3.8) is 0 Å². The van der Waals surface area contributed by atoms with Gasteiger partial charge in [-0.2, -0.15) is 0 Å². The summed E-state index contributed by atoms with van der Waals surface area (Å²) in [6.07, 6.45) is -3.28. The minimum Gasteiger partial charge on any atom is -0.480 e. The topological polar surface area (TPSA) is 299 Å². The van der Waals surface area contributed by atoms with Crippen LogP contribution in [0.5, 0.6) is 0 Å². The first kappa shape index (κ1) is 30.5. The second-order valence-corrected chi connectivity index (χ2v) is 7.57. The molecule has 16 nitrogen and oxygen atoms in total. The average molecular weight is 491 g/mol. The van der Waals surface area contributed by atoms with E-state index in [0.29, 0.717) is 0 Å². The quantitative estimate of drug-likeness (QED) is 0.0586. The van der Waals surface area contributed by atoms with Gasteiger partial charge in [-0.3, -0.25) is 24.2 Å². The van der Waals surface area contributed by atoms with Crippen molar-refractivity contribution < 1.29 is 39.3 Å². The Labute approximate surface area is 195 Å². The number of hydrogen-bond acceptors (Lipinski definition) is 9. The van der Waals surface area contributed by atoms with Crippen molar-refractivity contribution in [1.82, 2.24) is 16.0 Å². The molecule has 6 unspecified atom stereocenters. The molecule has 16 heteroatoms. The van der Waals surface area contributed by atoms with Gasteiger partial charge in [-0.1, -0.05) is 0 Å². The van der Waals surface area contributed by atoms with Crippen LogP contribution in [0.2, 0.25) is 0 Å². The number of guanidine groups is 1. The summed E-state index contributed by atoms with van der Waals surface area (Å²) in [7, 11) is 0. The third-order valence-corrected chi connectivity index (χ3v) is 4.48. The lowest BCUT2D eigenvalue weighted by Crippen LogP contribution is -2.60. The molecule has 0 aliphatic rings. The summed E-state index contributed by atoms with van der Waals surface area (Å²) in [5.74, 6) is -5.61. The summed E-state index contributed by atoms with van der Waals surface area (Å²) < 4.78 is 0. The molecule has 0 aromatic rings. The molecule has 6 atom stereocenters. The largest absolute Gasteiger partial charge is 0.480 e. The highest BCUT2D eigenvalue weighted by molar-refractivity contribution is 5.95. The molecule has 0 spiro atoms. The Morgan fingerprint density at radius 1 is 0.853 bits per heavy atom. The molecular formula is C18H34N8O8. The Bertz CT molecular complexity index is 769. The van der Waals surface area contributed by atoms with E-state index >= 15 is 0 Å². The Morgan fingerprint density at radius 3 is 1.85 bits per heavy atom. The molecule has 14 N–H and O–H groups in total. The number of carbonyl (C=O) groups is 5. The molecular weight excluding hydrogens is 456 g/mol. The maximum atomic E-state index is 12.7. The number of carbonyl (C=O) groups excluding carboxylic acids is 4. The van der Waals surface area contributed by atoms with E-state index in [2.05, 4.69) is 20.9 Å². The van der Waals surface area contributed by atoms with Gasteiger partial charge in [0.1, 0.15) is 24.2 Å². The molecule has 0 bridgehead atoms. The van der Waals surface area contributed by atoms with Gasteiger partial charge in [0.15, 0.2) is 5.96 Å². The lowest BCUT2D eigenvalue weighted by Gasteiger charge is -2.26. The molecule has 0 saturated heterocycles. The van der Waals surface area contributed by atoms with E-state index in [0.717, 1.165) is 0 Å². The molecule has 0 rings (SSSR count). The third kappa shape index (κ3) is 11.4. The minimum absolute atomic E-state index is 0.0748. The fourth-order valence-corrected chi connectivity index (χ4v) is 2.58. The molecule has 4 amide bonds. The maximum absolute atomic E-state index is 12.7. The van der Waals surface area contributed by atoms with Crippen LogP contribution in [0.1, 0.15) is 33.1 Å². The van der Waals surface area contributed by atoms with Crippen LogP contribution in [-0.4, -0.2) is 93.8 Å². The van der Waals surface area contributed by atoms with E-state index in [1.165, 1.54) is 13.8 Å². The number of aliphatic carboxylic acids is 1. The van der Waals surface area contributed by atoms with E-state index < -0.39 is 72.4 Å². The van der Waals surface area contributed by atoms with E-state index in [9.17, 15) is 39.3 Å². The molecule has 0 saturated carbocycles. The number of nitrogens with one attached hydrogen (secondary N) is 3. The second kappa shape index (κ2) is 14.6. The molecule has 194 valence electrons. The average Bonchev–Trinajstić information content (AvgIpc) is 2.71. The Morgan fingerprint density at radius 2 is 1.41 bits per heavy atom. The van der Waals surface area contributed by atoms with Crippen molar-refractivity contribution in [1.29, 1.82) is 0 Å². The van der Waals surface area contributed by atoms with Crippen molar-refractivity contribution >= 4 is 35.6 Å². The van der Waals surface area contributed by atoms with Crippen molar-refractivity contribution in [2.24, 2.45) is 27.9 Å². The number of carboxylic acids is 1. The first-order valence-corrected chi connectivity index (χ1v) is 10.3. The van der Waals surface area contributed by atoms with Crippen LogP contribution in [-0.2, 0) is 24.0 Å². The monoisotopic (exact) mass is 490 g/mol. The fraction of sp³-hybridized carbons (Fsp3) is 0.667. The number of aliphatic hydroxyl groups excluding tert-OH is 2. The normalized spacial score (nSPS) is 16.0. The van der Waals surface area contributed by atoms with Gasteiger partial charge in [0.2, 0.25) is 23.6 Å². The predicted molar refractivity (Wildman–Crippen MR) is 118 cm³/mol. The highest BCUT2D eigenvalue weighted by Gasteiger charge is 2.33. The zero-order valence-corrected chi connectivity index (χ0v) is 18.9. The Balaban J connectivity index is 5.59. The maximum Gasteiger partial charge on any atom is 0.326 e. The summed E-state index contributed by atoms with van der Waals surface area (Å²) in [6, 6.07) is -5.97. The lowest BCUT2D eigenvalue weighted by molar-refractivity contribution is -0.144. The van der Waals surface area contributed by atoms with Gasteiger partial charge in [-0.15, -0.1) is 0 Å². The Hall–Kier alpha value is -3.50. The lowest BCUT2D eigenvalue weighted by atomic mass is 10.1. The smallest absolute Gasteiger partial charge is 0.326 e. The number of amides is 4. The molecule has 0 heterocycles. The van der Waals surface area contributed by atoms with Crippen molar-refractivity contribution in [3.8, 4) is 0 Å². The van der Waals surface area contributed by atoms with Gasteiger partial charge in [-0.05, 0) is 26.7 Å². The number of nitrogens with zero attached hydrogens (tertiary/aromatic N) is 1. The number of nitrogens with two attached hydrogens (primary N) is 4. The van der Waals surface area contributed by atoms with Crippen LogP contribution < -0.4 is 38.9 Å². The molecule has 34 heavy (non-hydrogen) atoms. The van der Waals surface area contributed by atoms with Crippen LogP contribution in [0.15, 0.2) is 4.99 Å². The molecule has 0 aliphatic heterocycles. The Kier molecular flexibility index (Phi) is 13.1. The van der Waals surface area contributed by atoms with Crippen molar-refractivity contribution in [2.45, 2.75) is 69.5 Å². The molecule has 0 aromatic carbocycles. The molecule has 0 fully saturated rings. The molecule has 0 aromatic heterocycles. The van der Waals surface area contributed by atoms with Crippen LogP contribution in [0, 0.1) is 0 Å². The summed E-state index contributed by atoms with van der Waals surface area (Å²) in [4.78, 5) is 63.7. The highest BCUT2D eigenvalue weighted by Crippen LogP contribution is 2.04. The van der Waals surface area contributed by atoms with Gasteiger partial charge in [0, 0.05) is 6.54 Å². The second-order valence-electron chi connectivity index (χ2n) is 7.57. The van der Waals surface area contributed by atoms with Gasteiger partial charge in [-0.25, -0.2) is 4.79 Å². The minimum atomic E-state index is -1.65. The van der Waals surface area contributed by atoms with E-state index in [4.69, 9.17) is 22.9 Å². The van der Waals surface area contributed by atoms with Crippen molar-refractivity contribution in [3.05, 3.63) is 0 Å². The van der Waals surface area contributed by atoms with E-state index in [-0.39, 0.29) is 25.3 Å². The van der Waals surface area contributed by atoms with Gasteiger partial charge in [0.05, 0.1) is 18.6 Å². The van der Waals surface area contributed by atoms with Gasteiger partial charge >= 0.3 is 5.97 Å². The summed E-state index contributed by atoms with van der Waals surface area (Å²) in [6.45, 7) is 2.52. The standard InChI is InChI=1S/C18H34N8O8/c1-7(27)12(20)15(31)26-13(8(2)28)16(32)24-9(4-3-5-23-18(21)22)14(30)25-10(17(33)34)6-11(19)29/h7-10,12-13,27-28H,3-6,20H2,1-2H3,(H2,19,29)(H,24,32)(H,25,30)(H,26,31)(H,33,34)(H4,21,22,23). The fourth-order valence-electron chi connectivity index (χ4n) is 2.58. The number of hydrogen-bond donors (Lipinski definition) is 10. The van der Waals surface area contributed by atoms with Gasteiger partial charge in [0.25, 0.3) is 0 Å². The van der Waals surface area contributed by atoms with Crippen LogP contribution >= 0.6 is 0 Å².